The van der Waals surface area contributed by atoms with Gasteiger partial charge in [-0.25, -0.2) is 5.43 Å². The fraction of sp³-hybridized carbons (Fsp3) is 0.100. The Labute approximate surface area is 92.1 Å². The summed E-state index contributed by atoms with van der Waals surface area (Å²) in [7, 11) is 1.52. The topological polar surface area (TPSA) is 93.8 Å². The molecule has 0 atom stereocenters. The number of primary amides is 1. The van der Waals surface area contributed by atoms with E-state index in [1.807, 2.05) is 5.43 Å². The molecule has 0 unspecified atom stereocenters. The Morgan fingerprint density at radius 2 is 2.12 bits per heavy atom. The Morgan fingerprint density at radius 3 is 2.75 bits per heavy atom. The molecular weight excluding hydrogens is 210 g/mol. The monoisotopic (exact) mass is 221 g/mol. The predicted octanol–water partition coefficient (Wildman–Crippen LogP) is -0.369. The largest absolute Gasteiger partial charge is 0.496 e. The molecule has 0 spiro atoms. The first-order valence-electron chi connectivity index (χ1n) is 4.41. The smallest absolute Gasteiger partial charge is 0.329 e. The number of para-hydroxylation sites is 1. The van der Waals surface area contributed by atoms with Crippen LogP contribution in [0.2, 0.25) is 0 Å². The van der Waals surface area contributed by atoms with Crippen LogP contribution in [0.3, 0.4) is 0 Å². The van der Waals surface area contributed by atoms with Crippen LogP contribution in [0.25, 0.3) is 0 Å². The van der Waals surface area contributed by atoms with Crippen molar-refractivity contribution in [2.45, 2.75) is 0 Å². The van der Waals surface area contributed by atoms with Crippen LogP contribution in [-0.2, 0) is 9.59 Å². The Hall–Kier alpha value is -2.37. The zero-order valence-electron chi connectivity index (χ0n) is 8.64. The van der Waals surface area contributed by atoms with Crippen molar-refractivity contribution in [1.82, 2.24) is 5.43 Å². The van der Waals surface area contributed by atoms with Crippen molar-refractivity contribution in [1.29, 1.82) is 0 Å². The molecule has 1 aromatic rings. The van der Waals surface area contributed by atoms with Crippen molar-refractivity contribution in [3.05, 3.63) is 29.8 Å². The molecule has 0 bridgehead atoms. The van der Waals surface area contributed by atoms with Gasteiger partial charge in [-0.2, -0.15) is 5.10 Å². The van der Waals surface area contributed by atoms with Gasteiger partial charge in [0, 0.05) is 5.56 Å². The molecule has 84 valence electrons. The molecular formula is C10H11N3O3. The summed E-state index contributed by atoms with van der Waals surface area (Å²) in [6.45, 7) is 0. The van der Waals surface area contributed by atoms with Gasteiger partial charge >= 0.3 is 11.8 Å². The van der Waals surface area contributed by atoms with Crippen LogP contribution in [0.5, 0.6) is 5.75 Å². The lowest BCUT2D eigenvalue weighted by Gasteiger charge is -2.02. The summed E-state index contributed by atoms with van der Waals surface area (Å²) in [4.78, 5) is 21.1. The van der Waals surface area contributed by atoms with E-state index < -0.39 is 11.8 Å². The van der Waals surface area contributed by atoms with E-state index >= 15 is 0 Å². The van der Waals surface area contributed by atoms with Crippen molar-refractivity contribution in [2.24, 2.45) is 10.8 Å². The van der Waals surface area contributed by atoms with E-state index in [-0.39, 0.29) is 0 Å². The molecule has 1 rings (SSSR count). The zero-order chi connectivity index (χ0) is 12.0. The first-order chi connectivity index (χ1) is 7.65. The van der Waals surface area contributed by atoms with Crippen LogP contribution in [0, 0.1) is 0 Å². The molecule has 0 fully saturated rings. The highest BCUT2D eigenvalue weighted by atomic mass is 16.5. The number of carbonyl (C=O) groups is 2. The number of hydrogen-bond donors (Lipinski definition) is 2. The third-order valence-electron chi connectivity index (χ3n) is 1.73. The average molecular weight is 221 g/mol. The molecule has 0 saturated carbocycles. The number of nitrogens with two attached hydrogens (primary N) is 1. The summed E-state index contributed by atoms with van der Waals surface area (Å²) in [5.74, 6) is -1.44. The first-order valence-corrected chi connectivity index (χ1v) is 4.41. The van der Waals surface area contributed by atoms with Gasteiger partial charge in [0.1, 0.15) is 5.75 Å². The fourth-order valence-electron chi connectivity index (χ4n) is 0.989. The third kappa shape index (κ3) is 3.09. The van der Waals surface area contributed by atoms with Crippen molar-refractivity contribution >= 4 is 18.0 Å². The van der Waals surface area contributed by atoms with Crippen molar-refractivity contribution in [2.75, 3.05) is 7.11 Å². The molecule has 0 heterocycles. The Morgan fingerprint density at radius 1 is 1.44 bits per heavy atom. The molecule has 16 heavy (non-hydrogen) atoms. The fourth-order valence-corrected chi connectivity index (χ4v) is 0.989. The minimum atomic E-state index is -1.09. The van der Waals surface area contributed by atoms with E-state index in [0.717, 1.165) is 0 Å². The number of amides is 2. The molecule has 1 aromatic carbocycles. The van der Waals surface area contributed by atoms with Crippen LogP contribution in [0.1, 0.15) is 5.56 Å². The van der Waals surface area contributed by atoms with E-state index in [0.29, 0.717) is 11.3 Å². The summed E-state index contributed by atoms with van der Waals surface area (Å²) in [5, 5.41) is 3.57. The Kier molecular flexibility index (Phi) is 4.02. The van der Waals surface area contributed by atoms with Gasteiger partial charge in [-0.3, -0.25) is 9.59 Å². The SMILES string of the molecule is COc1ccccc1C=NNC(=O)C(N)=O. The number of methoxy groups -OCH3 is 1. The number of rotatable bonds is 3. The minimum absolute atomic E-state index is 0.611. The second-order valence-electron chi connectivity index (χ2n) is 2.81. The molecule has 6 nitrogen and oxygen atoms in total. The van der Waals surface area contributed by atoms with Gasteiger partial charge < -0.3 is 10.5 Å². The first kappa shape index (κ1) is 11.7. The molecule has 2 amide bonds. The van der Waals surface area contributed by atoms with E-state index in [1.54, 1.807) is 24.3 Å². The number of nitrogens with zero attached hydrogens (tertiary/aromatic N) is 1. The lowest BCUT2D eigenvalue weighted by atomic mass is 10.2. The number of nitrogens with one attached hydrogen (secondary N) is 1. The average Bonchev–Trinajstić information content (AvgIpc) is 2.29. The van der Waals surface area contributed by atoms with Gasteiger partial charge in [0.25, 0.3) is 0 Å². The molecule has 3 N–H and O–H groups in total. The number of ether oxygens (including phenoxy) is 1. The predicted molar refractivity (Wildman–Crippen MR) is 57.9 cm³/mol. The number of hydrazone groups is 1. The number of carbonyl (C=O) groups excluding carboxylic acids is 2. The van der Waals surface area contributed by atoms with Gasteiger partial charge in [-0.1, -0.05) is 12.1 Å². The van der Waals surface area contributed by atoms with Gasteiger partial charge in [0.2, 0.25) is 0 Å². The van der Waals surface area contributed by atoms with Gasteiger partial charge in [0.05, 0.1) is 13.3 Å². The summed E-state index contributed by atoms with van der Waals surface area (Å²) in [6.07, 6.45) is 1.36. The molecule has 0 saturated heterocycles. The lowest BCUT2D eigenvalue weighted by molar-refractivity contribution is -0.137. The highest BCUT2D eigenvalue weighted by Crippen LogP contribution is 2.14. The van der Waals surface area contributed by atoms with Crippen molar-refractivity contribution in [3.63, 3.8) is 0 Å². The molecule has 0 radical (unpaired) electrons. The normalized spacial score (nSPS) is 10.1. The second kappa shape index (κ2) is 5.50. The van der Waals surface area contributed by atoms with E-state index in [1.165, 1.54) is 13.3 Å². The number of benzene rings is 1. The standard InChI is InChI=1S/C10H11N3O3/c1-16-8-5-3-2-4-7(8)6-12-13-10(15)9(11)14/h2-6H,1H3,(H2,11,14)(H,13,15). The van der Waals surface area contributed by atoms with Crippen LogP contribution >= 0.6 is 0 Å². The molecule has 0 aliphatic heterocycles. The zero-order valence-corrected chi connectivity index (χ0v) is 8.64. The Bertz CT molecular complexity index is 429. The van der Waals surface area contributed by atoms with Gasteiger partial charge in [-0.05, 0) is 12.1 Å². The maximum Gasteiger partial charge on any atom is 0.329 e. The van der Waals surface area contributed by atoms with Crippen LogP contribution in [0.4, 0.5) is 0 Å². The highest BCUT2D eigenvalue weighted by molar-refractivity contribution is 6.34. The maximum absolute atomic E-state index is 10.8. The lowest BCUT2D eigenvalue weighted by Crippen LogP contribution is -2.32. The molecule has 0 aromatic heterocycles. The third-order valence-corrected chi connectivity index (χ3v) is 1.73. The van der Waals surface area contributed by atoms with Crippen LogP contribution in [0.15, 0.2) is 29.4 Å². The van der Waals surface area contributed by atoms with Gasteiger partial charge in [0.15, 0.2) is 0 Å². The second-order valence-corrected chi connectivity index (χ2v) is 2.81. The highest BCUT2D eigenvalue weighted by Gasteiger charge is 2.05. The summed E-state index contributed by atoms with van der Waals surface area (Å²) in [6, 6.07) is 7.09. The minimum Gasteiger partial charge on any atom is -0.496 e. The molecule has 0 aliphatic carbocycles. The maximum atomic E-state index is 10.8. The van der Waals surface area contributed by atoms with E-state index in [9.17, 15) is 9.59 Å². The van der Waals surface area contributed by atoms with Crippen molar-refractivity contribution < 1.29 is 14.3 Å². The van der Waals surface area contributed by atoms with Crippen LogP contribution in [-0.4, -0.2) is 25.1 Å². The summed E-state index contributed by atoms with van der Waals surface area (Å²) >= 11 is 0. The summed E-state index contributed by atoms with van der Waals surface area (Å²) in [5.41, 5.74) is 7.38. The molecule has 0 aliphatic rings. The van der Waals surface area contributed by atoms with E-state index in [4.69, 9.17) is 10.5 Å². The number of hydrogen-bond acceptors (Lipinski definition) is 4. The van der Waals surface area contributed by atoms with Crippen molar-refractivity contribution in [3.8, 4) is 5.75 Å². The van der Waals surface area contributed by atoms with Gasteiger partial charge in [-0.15, -0.1) is 0 Å². The Balaban J connectivity index is 2.69. The van der Waals surface area contributed by atoms with E-state index in [2.05, 4.69) is 5.10 Å². The van der Waals surface area contributed by atoms with Crippen LogP contribution < -0.4 is 15.9 Å². The quantitative estimate of drug-likeness (QED) is 0.414. The molecule has 6 heteroatoms. The summed E-state index contributed by atoms with van der Waals surface area (Å²) < 4.78 is 5.05.